The zero-order valence-corrected chi connectivity index (χ0v) is 12.3. The van der Waals surface area contributed by atoms with Crippen molar-refractivity contribution >= 4 is 34.8 Å². The van der Waals surface area contributed by atoms with Crippen LogP contribution in [0.2, 0.25) is 0 Å². The molecule has 2 aromatic rings. The number of hydrogen-bond acceptors (Lipinski definition) is 1. The van der Waals surface area contributed by atoms with Gasteiger partial charge in [0.2, 0.25) is 3.79 Å². The minimum Gasteiger partial charge on any atom is -0.388 e. The lowest BCUT2D eigenvalue weighted by Gasteiger charge is -2.18. The molecule has 1 atom stereocenters. The van der Waals surface area contributed by atoms with Gasteiger partial charge in [-0.05, 0) is 16.7 Å². The zero-order chi connectivity index (χ0) is 13.9. The number of hydrogen-bond donors (Lipinski definition) is 1. The molecule has 19 heavy (non-hydrogen) atoms. The Kier molecular flexibility index (Phi) is 4.75. The monoisotopic (exact) mass is 314 g/mol. The molecule has 0 aliphatic heterocycles. The molecular formula is C15H13Cl3O. The lowest BCUT2D eigenvalue weighted by atomic mass is 10.0. The molecule has 0 aliphatic rings. The van der Waals surface area contributed by atoms with Crippen LogP contribution in [-0.2, 0) is 6.42 Å². The highest BCUT2D eigenvalue weighted by molar-refractivity contribution is 6.68. The highest BCUT2D eigenvalue weighted by Crippen LogP contribution is 2.32. The van der Waals surface area contributed by atoms with Crippen LogP contribution in [0.1, 0.15) is 5.56 Å². The Morgan fingerprint density at radius 1 is 0.842 bits per heavy atom. The summed E-state index contributed by atoms with van der Waals surface area (Å²) >= 11 is 16.9. The maximum absolute atomic E-state index is 9.73. The first kappa shape index (κ1) is 14.7. The molecule has 0 fully saturated rings. The van der Waals surface area contributed by atoms with Crippen LogP contribution < -0.4 is 0 Å². The van der Waals surface area contributed by atoms with Crippen molar-refractivity contribution in [1.29, 1.82) is 0 Å². The van der Waals surface area contributed by atoms with E-state index in [-0.39, 0.29) is 0 Å². The van der Waals surface area contributed by atoms with E-state index in [1.54, 1.807) is 0 Å². The summed E-state index contributed by atoms with van der Waals surface area (Å²) in [5, 5.41) is 9.73. The maximum atomic E-state index is 9.73. The highest BCUT2D eigenvalue weighted by Gasteiger charge is 2.30. The van der Waals surface area contributed by atoms with Crippen LogP contribution >= 0.6 is 34.8 Å². The molecule has 0 radical (unpaired) electrons. The largest absolute Gasteiger partial charge is 0.388 e. The summed E-state index contributed by atoms with van der Waals surface area (Å²) in [6, 6.07) is 17.9. The summed E-state index contributed by atoms with van der Waals surface area (Å²) in [7, 11) is 0. The van der Waals surface area contributed by atoms with Gasteiger partial charge in [-0.25, -0.2) is 0 Å². The lowest BCUT2D eigenvalue weighted by Crippen LogP contribution is -2.27. The molecule has 0 amide bonds. The average molecular weight is 316 g/mol. The predicted octanol–water partition coefficient (Wildman–Crippen LogP) is 4.63. The average Bonchev–Trinajstić information content (AvgIpc) is 2.39. The van der Waals surface area contributed by atoms with Crippen molar-refractivity contribution in [2.45, 2.75) is 16.3 Å². The third-order valence-corrected chi connectivity index (χ3v) is 3.62. The van der Waals surface area contributed by atoms with Crippen molar-refractivity contribution < 1.29 is 5.11 Å². The van der Waals surface area contributed by atoms with E-state index < -0.39 is 9.90 Å². The van der Waals surface area contributed by atoms with Crippen LogP contribution in [-0.4, -0.2) is 15.0 Å². The molecule has 2 aromatic carbocycles. The van der Waals surface area contributed by atoms with E-state index >= 15 is 0 Å². The predicted molar refractivity (Wildman–Crippen MR) is 81.9 cm³/mol. The number of rotatable bonds is 3. The normalized spacial score (nSPS) is 13.3. The Hall–Kier alpha value is -0.730. The second-order valence-corrected chi connectivity index (χ2v) is 6.69. The Morgan fingerprint density at radius 2 is 1.37 bits per heavy atom. The van der Waals surface area contributed by atoms with Crippen LogP contribution in [0, 0.1) is 0 Å². The van der Waals surface area contributed by atoms with Gasteiger partial charge in [-0.3, -0.25) is 0 Å². The van der Waals surface area contributed by atoms with Gasteiger partial charge >= 0.3 is 0 Å². The molecule has 2 rings (SSSR count). The van der Waals surface area contributed by atoms with Gasteiger partial charge in [0, 0.05) is 6.42 Å². The van der Waals surface area contributed by atoms with Crippen LogP contribution in [0.25, 0.3) is 11.1 Å². The standard InChI is InChI=1S/C15H13Cl3O/c16-15(17,18)14(19)10-11-6-8-13(9-7-11)12-4-2-1-3-5-12/h1-9,14,19H,10H2/t14-/m1/s1. The summed E-state index contributed by atoms with van der Waals surface area (Å²) in [5.74, 6) is 0. The Bertz CT molecular complexity index is 517. The molecule has 0 saturated carbocycles. The van der Waals surface area contributed by atoms with Gasteiger partial charge in [0.05, 0.1) is 0 Å². The van der Waals surface area contributed by atoms with E-state index in [4.69, 9.17) is 34.8 Å². The van der Waals surface area contributed by atoms with Crippen LogP contribution in [0.5, 0.6) is 0 Å². The molecule has 0 aromatic heterocycles. The van der Waals surface area contributed by atoms with E-state index in [2.05, 4.69) is 0 Å². The molecule has 0 saturated heterocycles. The molecular weight excluding hydrogens is 303 g/mol. The van der Waals surface area contributed by atoms with E-state index in [1.807, 2.05) is 54.6 Å². The SMILES string of the molecule is O[C@H](Cc1ccc(-c2ccccc2)cc1)C(Cl)(Cl)Cl. The topological polar surface area (TPSA) is 20.2 Å². The molecule has 1 N–H and O–H groups in total. The summed E-state index contributed by atoms with van der Waals surface area (Å²) < 4.78 is -1.65. The molecule has 0 heterocycles. The summed E-state index contributed by atoms with van der Waals surface area (Å²) in [6.45, 7) is 0. The molecule has 1 nitrogen and oxygen atoms in total. The van der Waals surface area contributed by atoms with Crippen molar-refractivity contribution in [3.05, 3.63) is 60.2 Å². The third-order valence-electron chi connectivity index (χ3n) is 2.87. The second kappa shape index (κ2) is 6.15. The van der Waals surface area contributed by atoms with Gasteiger partial charge in [0.25, 0.3) is 0 Å². The first-order chi connectivity index (χ1) is 8.97. The van der Waals surface area contributed by atoms with Crippen molar-refractivity contribution in [2.24, 2.45) is 0 Å². The minimum absolute atomic E-state index is 0.311. The molecule has 0 aliphatic carbocycles. The fourth-order valence-corrected chi connectivity index (χ4v) is 2.03. The maximum Gasteiger partial charge on any atom is 0.216 e. The fourth-order valence-electron chi connectivity index (χ4n) is 1.80. The number of alkyl halides is 3. The minimum atomic E-state index is -1.65. The van der Waals surface area contributed by atoms with Crippen molar-refractivity contribution in [3.8, 4) is 11.1 Å². The molecule has 4 heteroatoms. The van der Waals surface area contributed by atoms with E-state index in [1.165, 1.54) is 0 Å². The number of benzene rings is 2. The van der Waals surface area contributed by atoms with Gasteiger partial charge < -0.3 is 5.11 Å². The third kappa shape index (κ3) is 4.12. The van der Waals surface area contributed by atoms with E-state index in [9.17, 15) is 5.11 Å². The van der Waals surface area contributed by atoms with Crippen molar-refractivity contribution in [3.63, 3.8) is 0 Å². The Balaban J connectivity index is 2.11. The lowest BCUT2D eigenvalue weighted by molar-refractivity contribution is 0.179. The Morgan fingerprint density at radius 3 is 1.89 bits per heavy atom. The van der Waals surface area contributed by atoms with Gasteiger partial charge in [-0.2, -0.15) is 0 Å². The van der Waals surface area contributed by atoms with Gasteiger partial charge in [0.1, 0.15) is 6.10 Å². The first-order valence-corrected chi connectivity index (χ1v) is 6.99. The van der Waals surface area contributed by atoms with Gasteiger partial charge in [0.15, 0.2) is 0 Å². The number of halogens is 3. The first-order valence-electron chi connectivity index (χ1n) is 5.86. The zero-order valence-electron chi connectivity index (χ0n) is 10.1. The molecule has 0 unspecified atom stereocenters. The highest BCUT2D eigenvalue weighted by atomic mass is 35.6. The molecule has 0 bridgehead atoms. The molecule has 100 valence electrons. The molecule has 0 spiro atoms. The summed E-state index contributed by atoms with van der Waals surface area (Å²) in [4.78, 5) is 0. The quantitative estimate of drug-likeness (QED) is 0.819. The Labute approximate surface area is 127 Å². The second-order valence-electron chi connectivity index (χ2n) is 4.32. The van der Waals surface area contributed by atoms with E-state index in [0.717, 1.165) is 16.7 Å². The summed E-state index contributed by atoms with van der Waals surface area (Å²) in [6.07, 6.45) is -0.703. The smallest absolute Gasteiger partial charge is 0.216 e. The van der Waals surface area contributed by atoms with Crippen LogP contribution in [0.4, 0.5) is 0 Å². The van der Waals surface area contributed by atoms with Gasteiger partial charge in [-0.1, -0.05) is 89.4 Å². The number of aliphatic hydroxyl groups is 1. The van der Waals surface area contributed by atoms with Crippen molar-refractivity contribution in [2.75, 3.05) is 0 Å². The van der Waals surface area contributed by atoms with Crippen LogP contribution in [0.15, 0.2) is 54.6 Å². The fraction of sp³-hybridized carbons (Fsp3) is 0.200. The van der Waals surface area contributed by atoms with Crippen LogP contribution in [0.3, 0.4) is 0 Å². The van der Waals surface area contributed by atoms with Crippen molar-refractivity contribution in [1.82, 2.24) is 0 Å². The van der Waals surface area contributed by atoms with Gasteiger partial charge in [-0.15, -0.1) is 0 Å². The van der Waals surface area contributed by atoms with E-state index in [0.29, 0.717) is 6.42 Å². The summed E-state index contributed by atoms with van der Waals surface area (Å²) in [5.41, 5.74) is 3.20. The number of aliphatic hydroxyl groups excluding tert-OH is 1.